The highest BCUT2D eigenvalue weighted by Crippen LogP contribution is 2.51. The number of amidine groups is 1. The maximum Gasteiger partial charge on any atom is 0.223 e. The fourth-order valence-corrected chi connectivity index (χ4v) is 5.78. The number of rotatable bonds is 10. The van der Waals surface area contributed by atoms with E-state index in [1.807, 2.05) is 23.1 Å². The van der Waals surface area contributed by atoms with E-state index in [0.29, 0.717) is 45.2 Å². The van der Waals surface area contributed by atoms with Crippen molar-refractivity contribution >= 4 is 23.8 Å². The minimum atomic E-state index is 0.102. The number of benzene rings is 1. The van der Waals surface area contributed by atoms with Crippen LogP contribution < -0.4 is 16.4 Å². The molecule has 2 heterocycles. The van der Waals surface area contributed by atoms with Crippen molar-refractivity contribution in [2.75, 3.05) is 64.3 Å². The van der Waals surface area contributed by atoms with Gasteiger partial charge in [0.1, 0.15) is 5.84 Å². The molecule has 196 valence electrons. The predicted molar refractivity (Wildman–Crippen MR) is 144 cm³/mol. The van der Waals surface area contributed by atoms with Crippen LogP contribution in [-0.2, 0) is 16.0 Å². The van der Waals surface area contributed by atoms with Gasteiger partial charge in [0, 0.05) is 77.2 Å². The number of anilines is 1. The Morgan fingerprint density at radius 1 is 1.11 bits per heavy atom. The summed E-state index contributed by atoms with van der Waals surface area (Å²) in [6.07, 6.45) is 5.80. The number of nitrogens with zero attached hydrogens (tertiary/aromatic N) is 5. The number of nitrogens with two attached hydrogens (primary N) is 2. The number of hydrogen-bond acceptors (Lipinski definition) is 6. The van der Waals surface area contributed by atoms with E-state index in [2.05, 4.69) is 33.8 Å². The second-order valence-electron chi connectivity index (χ2n) is 10.2. The number of amides is 2. The maximum absolute atomic E-state index is 12.1. The van der Waals surface area contributed by atoms with Crippen LogP contribution >= 0.6 is 0 Å². The van der Waals surface area contributed by atoms with E-state index in [0.717, 1.165) is 48.7 Å². The van der Waals surface area contributed by atoms with Crippen LogP contribution in [0.3, 0.4) is 0 Å². The van der Waals surface area contributed by atoms with E-state index in [-0.39, 0.29) is 5.91 Å². The van der Waals surface area contributed by atoms with E-state index in [9.17, 15) is 9.59 Å². The molecule has 1 aromatic rings. The van der Waals surface area contributed by atoms with Gasteiger partial charge in [-0.15, -0.1) is 0 Å². The molecule has 1 aliphatic carbocycles. The zero-order chi connectivity index (χ0) is 25.7. The first-order valence-corrected chi connectivity index (χ1v) is 13.1. The lowest BCUT2D eigenvalue weighted by Crippen LogP contribution is -2.50. The van der Waals surface area contributed by atoms with Crippen molar-refractivity contribution in [3.05, 3.63) is 42.1 Å². The minimum absolute atomic E-state index is 0.102. The second kappa shape index (κ2) is 12.0. The molecule has 36 heavy (non-hydrogen) atoms. The van der Waals surface area contributed by atoms with Crippen molar-refractivity contribution in [3.8, 4) is 0 Å². The van der Waals surface area contributed by atoms with Crippen molar-refractivity contribution in [3.63, 3.8) is 0 Å². The highest BCUT2D eigenvalue weighted by Gasteiger charge is 2.55. The summed E-state index contributed by atoms with van der Waals surface area (Å²) in [5.41, 5.74) is 13.4. The average Bonchev–Trinajstić information content (AvgIpc) is 3.37. The maximum atomic E-state index is 12.1. The zero-order valence-corrected chi connectivity index (χ0v) is 21.6. The van der Waals surface area contributed by atoms with Gasteiger partial charge in [-0.05, 0) is 61.4 Å². The van der Waals surface area contributed by atoms with E-state index < -0.39 is 0 Å². The molecule has 3 aliphatic rings. The molecule has 2 amide bonds. The first kappa shape index (κ1) is 26.3. The lowest BCUT2D eigenvalue weighted by Gasteiger charge is -2.36. The average molecular weight is 496 g/mol. The van der Waals surface area contributed by atoms with Crippen molar-refractivity contribution in [2.45, 2.75) is 25.8 Å². The third-order valence-electron chi connectivity index (χ3n) is 8.10. The molecule has 3 unspecified atom stereocenters. The van der Waals surface area contributed by atoms with Gasteiger partial charge in [0.2, 0.25) is 12.3 Å². The van der Waals surface area contributed by atoms with Crippen LogP contribution in [0, 0.1) is 17.8 Å². The summed E-state index contributed by atoms with van der Waals surface area (Å²) < 4.78 is 0. The second-order valence-corrected chi connectivity index (χ2v) is 10.2. The first-order valence-electron chi connectivity index (χ1n) is 13.1. The zero-order valence-electron chi connectivity index (χ0n) is 21.6. The molecule has 2 saturated heterocycles. The molecule has 0 radical (unpaired) electrons. The van der Waals surface area contributed by atoms with Crippen LogP contribution in [0.25, 0.3) is 0 Å². The molecule has 9 nitrogen and oxygen atoms in total. The molecule has 1 saturated carbocycles. The largest absolute Gasteiger partial charge is 0.353 e. The molecule has 4 rings (SSSR count). The Hall–Kier alpha value is -2.75. The fraction of sp³-hybridized carbons (Fsp3) is 0.593. The van der Waals surface area contributed by atoms with Gasteiger partial charge < -0.3 is 21.3 Å². The van der Waals surface area contributed by atoms with Crippen LogP contribution in [0.5, 0.6) is 0 Å². The van der Waals surface area contributed by atoms with E-state index in [1.165, 1.54) is 18.7 Å². The van der Waals surface area contributed by atoms with Crippen molar-refractivity contribution < 1.29 is 9.59 Å². The molecule has 0 aromatic heterocycles. The summed E-state index contributed by atoms with van der Waals surface area (Å²) in [5, 5.41) is 0. The predicted octanol–water partition coefficient (Wildman–Crippen LogP) is 0.752. The summed E-state index contributed by atoms with van der Waals surface area (Å²) in [7, 11) is 1.74. The molecule has 4 N–H and O–H groups in total. The number of fused-ring (bicyclic) bond motifs is 1. The molecule has 3 atom stereocenters. The van der Waals surface area contributed by atoms with Crippen LogP contribution in [-0.4, -0.2) is 98.3 Å². The van der Waals surface area contributed by atoms with Gasteiger partial charge in [0.05, 0.1) is 0 Å². The fourth-order valence-electron chi connectivity index (χ4n) is 5.78. The van der Waals surface area contributed by atoms with Gasteiger partial charge in [0.15, 0.2) is 0 Å². The number of piperazine rings is 1. The van der Waals surface area contributed by atoms with E-state index in [1.54, 1.807) is 18.1 Å². The Labute approximate surface area is 214 Å². The van der Waals surface area contributed by atoms with Crippen LogP contribution in [0.1, 0.15) is 18.9 Å². The summed E-state index contributed by atoms with van der Waals surface area (Å²) >= 11 is 0. The number of carbonyl (C=O) groups is 2. The van der Waals surface area contributed by atoms with Gasteiger partial charge in [-0.3, -0.25) is 24.4 Å². The van der Waals surface area contributed by atoms with Crippen molar-refractivity contribution in [2.24, 2.45) is 34.2 Å². The Bertz CT molecular complexity index is 943. The molecule has 0 bridgehead atoms. The number of carbonyl (C=O) groups excluding carboxylic acids is 2. The third kappa shape index (κ3) is 5.96. The monoisotopic (exact) mass is 495 g/mol. The Balaban J connectivity index is 1.29. The van der Waals surface area contributed by atoms with Crippen LogP contribution in [0.2, 0.25) is 0 Å². The quantitative estimate of drug-likeness (QED) is 0.282. The topological polar surface area (TPSA) is 111 Å². The van der Waals surface area contributed by atoms with Gasteiger partial charge >= 0.3 is 0 Å². The summed E-state index contributed by atoms with van der Waals surface area (Å²) in [6, 6.07) is 8.72. The number of aliphatic imine (C=N–C) groups is 1. The molecule has 2 aliphatic heterocycles. The van der Waals surface area contributed by atoms with Gasteiger partial charge in [-0.25, -0.2) is 0 Å². The molecule has 1 aromatic carbocycles. The number of piperidine rings is 1. The minimum Gasteiger partial charge on any atom is -0.353 e. The summed E-state index contributed by atoms with van der Waals surface area (Å²) in [6.45, 7) is 8.56. The van der Waals surface area contributed by atoms with E-state index >= 15 is 0 Å². The smallest absolute Gasteiger partial charge is 0.223 e. The lowest BCUT2D eigenvalue weighted by atomic mass is 10.0. The SMILES string of the molecule is CN=C(/C=C\N(C=O)c1ccc(CC(C)N2CC3C(CN)C3C2)cc1)N1CCN(C(=O)CCN)CC1. The highest BCUT2D eigenvalue weighted by atomic mass is 16.2. The standard InChI is InChI=1S/C27H41N7O2/c1-20(34-17-24-23(16-29)25(24)18-34)15-21-3-5-22(6-4-21)33(19-35)10-8-26(30-2)31-11-13-32(14-12-31)27(36)7-9-28/h3-6,8,10,19-20,23-25H,7,9,11-18,28-29H2,1-2H3/b10-8-,30-26?. The summed E-state index contributed by atoms with van der Waals surface area (Å²) in [5.74, 6) is 3.27. The molecule has 9 heteroatoms. The highest BCUT2D eigenvalue weighted by molar-refractivity contribution is 5.94. The number of hydrogen-bond donors (Lipinski definition) is 2. The van der Waals surface area contributed by atoms with Gasteiger partial charge in [-0.2, -0.15) is 0 Å². The van der Waals surface area contributed by atoms with Gasteiger partial charge in [-0.1, -0.05) is 12.1 Å². The van der Waals surface area contributed by atoms with Crippen LogP contribution in [0.4, 0.5) is 5.69 Å². The molecular formula is C27H41N7O2. The number of likely N-dealkylation sites (tertiary alicyclic amines) is 1. The van der Waals surface area contributed by atoms with Crippen molar-refractivity contribution in [1.82, 2.24) is 14.7 Å². The summed E-state index contributed by atoms with van der Waals surface area (Å²) in [4.78, 5) is 36.5. The Kier molecular flexibility index (Phi) is 8.77. The molecule has 0 spiro atoms. The Morgan fingerprint density at radius 2 is 1.75 bits per heavy atom. The van der Waals surface area contributed by atoms with Crippen molar-refractivity contribution in [1.29, 1.82) is 0 Å². The first-order chi connectivity index (χ1) is 17.5. The normalized spacial score (nSPS) is 25.2. The lowest BCUT2D eigenvalue weighted by molar-refractivity contribution is -0.132. The Morgan fingerprint density at radius 3 is 2.31 bits per heavy atom. The van der Waals surface area contributed by atoms with E-state index in [4.69, 9.17) is 11.5 Å². The molecular weight excluding hydrogens is 454 g/mol. The molecule has 3 fully saturated rings. The van der Waals surface area contributed by atoms with Crippen LogP contribution in [0.15, 0.2) is 41.5 Å². The van der Waals surface area contributed by atoms with Gasteiger partial charge in [0.25, 0.3) is 0 Å². The third-order valence-corrected chi connectivity index (χ3v) is 8.10.